The molecule has 1 aliphatic rings. The average molecular weight is 354 g/mol. The summed E-state index contributed by atoms with van der Waals surface area (Å²) >= 11 is 0. The Labute approximate surface area is 150 Å². The highest BCUT2D eigenvalue weighted by Crippen LogP contribution is 2.44. The third-order valence-corrected chi connectivity index (χ3v) is 4.02. The first-order chi connectivity index (χ1) is 12.5. The molecule has 2 aromatic heterocycles. The van der Waals surface area contributed by atoms with Gasteiger partial charge >= 0.3 is 0 Å². The number of aliphatic imine (C=N–C) groups is 1. The molecular weight excluding hydrogens is 336 g/mol. The molecule has 0 bridgehead atoms. The van der Waals surface area contributed by atoms with Gasteiger partial charge in [-0.1, -0.05) is 0 Å². The maximum atomic E-state index is 11.9. The van der Waals surface area contributed by atoms with Crippen molar-refractivity contribution in [2.24, 2.45) is 12.0 Å². The van der Waals surface area contributed by atoms with Gasteiger partial charge in [-0.05, 0) is 13.8 Å². The Balaban J connectivity index is 2.22. The Kier molecular flexibility index (Phi) is 4.58. The van der Waals surface area contributed by atoms with Crippen LogP contribution in [0.15, 0.2) is 28.8 Å². The maximum Gasteiger partial charge on any atom is 0.245 e. The minimum atomic E-state index is -0.487. The molecule has 0 amide bonds. The van der Waals surface area contributed by atoms with Crippen LogP contribution < -0.4 is 4.74 Å². The number of ether oxygens (including phenoxy) is 2. The molecule has 9 heteroatoms. The lowest BCUT2D eigenvalue weighted by Gasteiger charge is -2.22. The second-order valence-electron chi connectivity index (χ2n) is 5.74. The number of nitrogens with zero attached hydrogens (tertiary/aromatic N) is 6. The van der Waals surface area contributed by atoms with E-state index >= 15 is 0 Å². The Morgan fingerprint density at radius 3 is 2.92 bits per heavy atom. The van der Waals surface area contributed by atoms with E-state index in [0.29, 0.717) is 23.4 Å². The molecule has 0 fully saturated rings. The molecule has 0 aromatic carbocycles. The molecule has 3 heterocycles. The monoisotopic (exact) mass is 354 g/mol. The van der Waals surface area contributed by atoms with Gasteiger partial charge in [-0.25, -0.2) is 4.68 Å². The Morgan fingerprint density at radius 1 is 1.58 bits per heavy atom. The van der Waals surface area contributed by atoms with Crippen molar-refractivity contribution in [1.29, 1.82) is 5.26 Å². The van der Waals surface area contributed by atoms with Gasteiger partial charge in [0.15, 0.2) is 6.40 Å². The van der Waals surface area contributed by atoms with Crippen LogP contribution in [0.25, 0.3) is 0 Å². The van der Waals surface area contributed by atoms with Crippen LogP contribution in [0.4, 0.5) is 0 Å². The van der Waals surface area contributed by atoms with Gasteiger partial charge in [-0.2, -0.15) is 15.4 Å². The van der Waals surface area contributed by atoms with E-state index in [4.69, 9.17) is 9.47 Å². The topological polar surface area (TPSA) is 107 Å². The van der Waals surface area contributed by atoms with Crippen molar-refractivity contribution in [1.82, 2.24) is 19.6 Å². The number of aromatic nitrogens is 4. The van der Waals surface area contributed by atoms with Crippen LogP contribution in [0.1, 0.15) is 41.4 Å². The highest BCUT2D eigenvalue weighted by Gasteiger charge is 2.37. The van der Waals surface area contributed by atoms with E-state index in [1.165, 1.54) is 18.0 Å². The number of allylic oxidation sites excluding steroid dienone is 1. The van der Waals surface area contributed by atoms with E-state index < -0.39 is 5.92 Å². The van der Waals surface area contributed by atoms with Crippen molar-refractivity contribution in [3.63, 3.8) is 0 Å². The van der Waals surface area contributed by atoms with Crippen molar-refractivity contribution in [2.45, 2.75) is 26.7 Å². The number of rotatable bonds is 4. The maximum absolute atomic E-state index is 11.9. The zero-order chi connectivity index (χ0) is 18.8. The molecule has 0 N–H and O–H groups in total. The SMILES string of the molecule is CCO/C=N/C1=C(C#N)C(c2cnn(C)c2)c2c(nn(C(C)=O)c2C)O1. The number of fused-ring (bicyclic) bond motifs is 1. The van der Waals surface area contributed by atoms with Crippen molar-refractivity contribution in [3.8, 4) is 11.9 Å². The van der Waals surface area contributed by atoms with Crippen LogP contribution in [-0.4, -0.2) is 38.5 Å². The first-order valence-corrected chi connectivity index (χ1v) is 8.03. The van der Waals surface area contributed by atoms with Gasteiger partial charge < -0.3 is 9.47 Å². The second kappa shape index (κ2) is 6.84. The van der Waals surface area contributed by atoms with E-state index in [9.17, 15) is 10.1 Å². The zero-order valence-corrected chi connectivity index (χ0v) is 14.9. The molecule has 1 unspecified atom stereocenters. The molecule has 26 heavy (non-hydrogen) atoms. The summed E-state index contributed by atoms with van der Waals surface area (Å²) in [6.07, 6.45) is 4.71. The third kappa shape index (κ3) is 2.86. The summed E-state index contributed by atoms with van der Waals surface area (Å²) < 4.78 is 13.7. The Hall–Kier alpha value is -3.41. The minimum absolute atomic E-state index is 0.0931. The summed E-state index contributed by atoms with van der Waals surface area (Å²) in [6.45, 7) is 5.44. The second-order valence-corrected chi connectivity index (χ2v) is 5.74. The lowest BCUT2D eigenvalue weighted by molar-refractivity contribution is 0.0917. The molecule has 134 valence electrons. The summed E-state index contributed by atoms with van der Waals surface area (Å²) in [5.41, 5.74) is 2.35. The zero-order valence-electron chi connectivity index (χ0n) is 14.9. The first-order valence-electron chi connectivity index (χ1n) is 8.03. The van der Waals surface area contributed by atoms with Crippen LogP contribution in [0.3, 0.4) is 0 Å². The predicted molar refractivity (Wildman–Crippen MR) is 91.7 cm³/mol. The Bertz CT molecular complexity index is 960. The van der Waals surface area contributed by atoms with Crippen LogP contribution in [0.5, 0.6) is 5.88 Å². The van der Waals surface area contributed by atoms with Gasteiger partial charge in [0.05, 0.1) is 30.0 Å². The molecule has 0 spiro atoms. The summed E-state index contributed by atoms with van der Waals surface area (Å²) in [5.74, 6) is -0.396. The van der Waals surface area contributed by atoms with E-state index in [-0.39, 0.29) is 17.7 Å². The lowest BCUT2D eigenvalue weighted by atomic mass is 9.86. The Morgan fingerprint density at radius 2 is 2.35 bits per heavy atom. The van der Waals surface area contributed by atoms with Gasteiger partial charge in [-0.3, -0.25) is 9.48 Å². The number of carbonyl (C=O) groups is 1. The molecule has 9 nitrogen and oxygen atoms in total. The van der Waals surface area contributed by atoms with E-state index in [1.54, 1.807) is 24.9 Å². The number of nitriles is 1. The number of carbonyl (C=O) groups excluding carboxylic acids is 1. The van der Waals surface area contributed by atoms with Gasteiger partial charge in [-0.15, -0.1) is 5.10 Å². The van der Waals surface area contributed by atoms with Crippen molar-refractivity contribution in [3.05, 3.63) is 40.7 Å². The molecule has 0 radical (unpaired) electrons. The summed E-state index contributed by atoms with van der Waals surface area (Å²) in [7, 11) is 1.79. The molecule has 2 aromatic rings. The highest BCUT2D eigenvalue weighted by molar-refractivity contribution is 5.77. The van der Waals surface area contributed by atoms with Crippen LogP contribution in [0.2, 0.25) is 0 Å². The number of aryl methyl sites for hydroxylation is 1. The standard InChI is InChI=1S/C17H18N6O3/c1-5-25-9-19-16-13(6-18)15(12-7-20-22(4)8-12)14-10(2)23(11(3)24)21-17(14)26-16/h7-9,15H,5H2,1-4H3/b19-9+. The summed E-state index contributed by atoms with van der Waals surface area (Å²) in [5, 5.41) is 18.2. The molecule has 1 aliphatic heterocycles. The largest absolute Gasteiger partial charge is 0.483 e. The summed E-state index contributed by atoms with van der Waals surface area (Å²) in [6, 6.07) is 2.17. The minimum Gasteiger partial charge on any atom is -0.483 e. The fraction of sp³-hybridized carbons (Fsp3) is 0.353. The van der Waals surface area contributed by atoms with Crippen LogP contribution >= 0.6 is 0 Å². The number of hydrogen-bond donors (Lipinski definition) is 0. The van der Waals surface area contributed by atoms with Gasteiger partial charge in [0.25, 0.3) is 0 Å². The van der Waals surface area contributed by atoms with Crippen LogP contribution in [0, 0.1) is 18.3 Å². The molecule has 0 saturated heterocycles. The van der Waals surface area contributed by atoms with Gasteiger partial charge in [0.2, 0.25) is 17.7 Å². The molecule has 3 rings (SSSR count). The van der Waals surface area contributed by atoms with Crippen molar-refractivity contribution in [2.75, 3.05) is 6.61 Å². The lowest BCUT2D eigenvalue weighted by Crippen LogP contribution is -2.15. The smallest absolute Gasteiger partial charge is 0.245 e. The quantitative estimate of drug-likeness (QED) is 0.613. The van der Waals surface area contributed by atoms with E-state index in [0.717, 1.165) is 5.56 Å². The molecule has 0 saturated carbocycles. The number of hydrogen-bond acceptors (Lipinski definition) is 7. The van der Waals surface area contributed by atoms with Crippen LogP contribution in [-0.2, 0) is 11.8 Å². The fourth-order valence-corrected chi connectivity index (χ4v) is 2.91. The molecule has 1 atom stereocenters. The fourth-order valence-electron chi connectivity index (χ4n) is 2.91. The molecule has 0 aliphatic carbocycles. The summed E-state index contributed by atoms with van der Waals surface area (Å²) in [4.78, 5) is 16.0. The van der Waals surface area contributed by atoms with Gasteiger partial charge in [0, 0.05) is 25.7 Å². The van der Waals surface area contributed by atoms with E-state index in [2.05, 4.69) is 21.3 Å². The third-order valence-electron chi connectivity index (χ3n) is 4.02. The van der Waals surface area contributed by atoms with Crippen molar-refractivity contribution < 1.29 is 14.3 Å². The van der Waals surface area contributed by atoms with Crippen molar-refractivity contribution >= 4 is 12.3 Å². The predicted octanol–water partition coefficient (Wildman–Crippen LogP) is 1.91. The van der Waals surface area contributed by atoms with Gasteiger partial charge in [0.1, 0.15) is 11.6 Å². The van der Waals surface area contributed by atoms with E-state index in [1.807, 2.05) is 13.1 Å². The molecular formula is C17H18N6O3. The average Bonchev–Trinajstić information content (AvgIpc) is 3.17. The first kappa shape index (κ1) is 17.4. The normalized spacial score (nSPS) is 16.3. The highest BCUT2D eigenvalue weighted by atomic mass is 16.5.